The summed E-state index contributed by atoms with van der Waals surface area (Å²) in [4.78, 5) is 0. The van der Waals surface area contributed by atoms with Crippen molar-refractivity contribution in [3.05, 3.63) is 48.0 Å². The van der Waals surface area contributed by atoms with Gasteiger partial charge >= 0.3 is 0 Å². The Morgan fingerprint density at radius 1 is 0.696 bits per heavy atom. The van der Waals surface area contributed by atoms with E-state index in [0.717, 1.165) is 18.4 Å². The maximum absolute atomic E-state index is 10.1. The molecule has 0 atom stereocenters. The highest BCUT2D eigenvalue weighted by Crippen LogP contribution is 2.38. The van der Waals surface area contributed by atoms with Crippen LogP contribution in [0.5, 0.6) is 11.5 Å². The first-order chi connectivity index (χ1) is 11.2. The number of benzene rings is 2. The van der Waals surface area contributed by atoms with Crippen molar-refractivity contribution in [3.8, 4) is 22.6 Å². The molecule has 0 fully saturated rings. The Morgan fingerprint density at radius 2 is 1.30 bits per heavy atom. The smallest absolute Gasteiger partial charge is 0.127 e. The average Bonchev–Trinajstić information content (AvgIpc) is 2.55. The van der Waals surface area contributed by atoms with Gasteiger partial charge in [0.25, 0.3) is 0 Å². The van der Waals surface area contributed by atoms with Crippen LogP contribution in [0.25, 0.3) is 11.1 Å². The van der Waals surface area contributed by atoms with Gasteiger partial charge in [0.1, 0.15) is 11.5 Å². The van der Waals surface area contributed by atoms with E-state index in [9.17, 15) is 10.2 Å². The van der Waals surface area contributed by atoms with Gasteiger partial charge in [-0.3, -0.25) is 0 Å². The van der Waals surface area contributed by atoms with Gasteiger partial charge in [-0.25, -0.2) is 0 Å². The fourth-order valence-corrected chi connectivity index (χ4v) is 3.06. The molecule has 0 aliphatic heterocycles. The van der Waals surface area contributed by atoms with Crippen LogP contribution in [0.15, 0.2) is 42.5 Å². The van der Waals surface area contributed by atoms with Crippen molar-refractivity contribution < 1.29 is 10.2 Å². The van der Waals surface area contributed by atoms with Crippen LogP contribution < -0.4 is 0 Å². The molecule has 0 heterocycles. The van der Waals surface area contributed by atoms with Crippen molar-refractivity contribution >= 4 is 0 Å². The van der Waals surface area contributed by atoms with Crippen molar-refractivity contribution in [3.63, 3.8) is 0 Å². The third kappa shape index (κ3) is 5.02. The van der Waals surface area contributed by atoms with E-state index in [1.54, 1.807) is 18.2 Å². The second kappa shape index (κ2) is 9.24. The monoisotopic (exact) mass is 312 g/mol. The molecule has 0 saturated carbocycles. The van der Waals surface area contributed by atoms with Crippen LogP contribution in [0.1, 0.15) is 57.4 Å². The lowest BCUT2D eigenvalue weighted by atomic mass is 9.94. The highest BCUT2D eigenvalue weighted by molar-refractivity contribution is 5.78. The Kier molecular flexibility index (Phi) is 6.99. The zero-order chi connectivity index (χ0) is 16.5. The molecule has 2 aromatic rings. The molecule has 0 bridgehead atoms. The number of hydrogen-bond acceptors (Lipinski definition) is 2. The van der Waals surface area contributed by atoms with Crippen LogP contribution >= 0.6 is 0 Å². The third-order valence-electron chi connectivity index (χ3n) is 4.36. The second-order valence-corrected chi connectivity index (χ2v) is 6.20. The molecule has 0 radical (unpaired) electrons. The van der Waals surface area contributed by atoms with E-state index in [0.29, 0.717) is 5.56 Å². The van der Waals surface area contributed by atoms with Gasteiger partial charge in [0.2, 0.25) is 0 Å². The molecule has 2 N–H and O–H groups in total. The van der Waals surface area contributed by atoms with Gasteiger partial charge in [0.05, 0.1) is 5.56 Å². The fourth-order valence-electron chi connectivity index (χ4n) is 3.06. The molecule has 2 rings (SSSR count). The number of rotatable bonds is 9. The summed E-state index contributed by atoms with van der Waals surface area (Å²) in [6.07, 6.45) is 9.98. The van der Waals surface area contributed by atoms with E-state index in [-0.39, 0.29) is 11.5 Å². The van der Waals surface area contributed by atoms with E-state index in [1.807, 2.05) is 18.2 Å². The van der Waals surface area contributed by atoms with Gasteiger partial charge in [0.15, 0.2) is 0 Å². The second-order valence-electron chi connectivity index (χ2n) is 6.20. The summed E-state index contributed by atoms with van der Waals surface area (Å²) in [7, 11) is 0. The van der Waals surface area contributed by atoms with Crippen LogP contribution in [0.2, 0.25) is 0 Å². The average molecular weight is 312 g/mol. The van der Waals surface area contributed by atoms with Crippen LogP contribution in [-0.2, 0) is 6.42 Å². The molecule has 0 unspecified atom stereocenters. The summed E-state index contributed by atoms with van der Waals surface area (Å²) < 4.78 is 0. The number of phenolic OH excluding ortho intramolecular Hbond substituents is 2. The van der Waals surface area contributed by atoms with Crippen molar-refractivity contribution in [2.75, 3.05) is 0 Å². The van der Waals surface area contributed by atoms with Crippen molar-refractivity contribution in [2.24, 2.45) is 0 Å². The first-order valence-electron chi connectivity index (χ1n) is 8.83. The SMILES string of the molecule is CCCCCCCCCc1ccccc1-c1c(O)cccc1O. The minimum atomic E-state index is 0.136. The standard InChI is InChI=1S/C21H28O2/c1-2-3-4-5-6-7-8-12-17-13-9-10-14-18(17)21-19(22)15-11-16-20(21)23/h9-11,13-16,22-23H,2-8,12H2,1H3. The topological polar surface area (TPSA) is 40.5 Å². The number of hydrogen-bond donors (Lipinski definition) is 2. The molecule has 0 aromatic heterocycles. The molecule has 0 aliphatic rings. The lowest BCUT2D eigenvalue weighted by Crippen LogP contribution is -1.92. The summed E-state index contributed by atoms with van der Waals surface area (Å²) in [5.74, 6) is 0.272. The number of aryl methyl sites for hydroxylation is 1. The van der Waals surface area contributed by atoms with Gasteiger partial charge in [-0.1, -0.05) is 75.8 Å². The molecule has 2 aromatic carbocycles. The molecule has 0 saturated heterocycles. The quantitative estimate of drug-likeness (QED) is 0.553. The van der Waals surface area contributed by atoms with Crippen LogP contribution in [-0.4, -0.2) is 10.2 Å². The predicted octanol–water partition coefficient (Wildman–Crippen LogP) is 6.06. The van der Waals surface area contributed by atoms with E-state index in [4.69, 9.17) is 0 Å². The molecule has 0 aliphatic carbocycles. The van der Waals surface area contributed by atoms with Gasteiger partial charge < -0.3 is 10.2 Å². The Morgan fingerprint density at radius 3 is 2.00 bits per heavy atom. The van der Waals surface area contributed by atoms with Crippen LogP contribution in [0.4, 0.5) is 0 Å². The number of aromatic hydroxyl groups is 2. The number of phenols is 2. The van der Waals surface area contributed by atoms with E-state index in [1.165, 1.54) is 44.1 Å². The summed E-state index contributed by atoms with van der Waals surface area (Å²) >= 11 is 0. The molecule has 2 nitrogen and oxygen atoms in total. The van der Waals surface area contributed by atoms with Gasteiger partial charge in [0, 0.05) is 0 Å². The fraction of sp³-hybridized carbons (Fsp3) is 0.429. The minimum absolute atomic E-state index is 0.136. The van der Waals surface area contributed by atoms with E-state index >= 15 is 0 Å². The molecule has 0 spiro atoms. The normalized spacial score (nSPS) is 10.8. The Labute approximate surface area is 139 Å². The van der Waals surface area contributed by atoms with Gasteiger partial charge in [-0.05, 0) is 36.1 Å². The zero-order valence-electron chi connectivity index (χ0n) is 14.1. The van der Waals surface area contributed by atoms with Crippen molar-refractivity contribution in [2.45, 2.75) is 58.3 Å². The van der Waals surface area contributed by atoms with E-state index in [2.05, 4.69) is 13.0 Å². The minimum Gasteiger partial charge on any atom is -0.507 e. The summed E-state index contributed by atoms with van der Waals surface area (Å²) in [5, 5.41) is 20.2. The lowest BCUT2D eigenvalue weighted by Gasteiger charge is -2.12. The highest BCUT2D eigenvalue weighted by Gasteiger charge is 2.12. The Hall–Kier alpha value is -1.96. The molecular weight excluding hydrogens is 284 g/mol. The third-order valence-corrected chi connectivity index (χ3v) is 4.36. The summed E-state index contributed by atoms with van der Waals surface area (Å²) in [5.41, 5.74) is 2.68. The maximum Gasteiger partial charge on any atom is 0.127 e. The Bertz CT molecular complexity index is 584. The molecule has 0 amide bonds. The first kappa shape index (κ1) is 17.4. The van der Waals surface area contributed by atoms with Crippen LogP contribution in [0, 0.1) is 0 Å². The number of unbranched alkanes of at least 4 members (excludes halogenated alkanes) is 6. The molecule has 23 heavy (non-hydrogen) atoms. The first-order valence-corrected chi connectivity index (χ1v) is 8.83. The highest BCUT2D eigenvalue weighted by atomic mass is 16.3. The largest absolute Gasteiger partial charge is 0.507 e. The van der Waals surface area contributed by atoms with Gasteiger partial charge in [-0.2, -0.15) is 0 Å². The molecular formula is C21H28O2. The van der Waals surface area contributed by atoms with E-state index < -0.39 is 0 Å². The maximum atomic E-state index is 10.1. The van der Waals surface area contributed by atoms with Gasteiger partial charge in [-0.15, -0.1) is 0 Å². The van der Waals surface area contributed by atoms with Crippen molar-refractivity contribution in [1.82, 2.24) is 0 Å². The predicted molar refractivity (Wildman–Crippen MR) is 96.9 cm³/mol. The lowest BCUT2D eigenvalue weighted by molar-refractivity contribution is 0.454. The summed E-state index contributed by atoms with van der Waals surface area (Å²) in [6.45, 7) is 2.24. The molecule has 124 valence electrons. The molecule has 2 heteroatoms. The van der Waals surface area contributed by atoms with Crippen LogP contribution in [0.3, 0.4) is 0 Å². The van der Waals surface area contributed by atoms with Crippen molar-refractivity contribution in [1.29, 1.82) is 0 Å². The Balaban J connectivity index is 1.99. The summed E-state index contributed by atoms with van der Waals surface area (Å²) in [6, 6.07) is 13.0. The zero-order valence-corrected chi connectivity index (χ0v) is 14.1.